The van der Waals surface area contributed by atoms with Crippen molar-refractivity contribution in [1.29, 1.82) is 0 Å². The van der Waals surface area contributed by atoms with Crippen molar-refractivity contribution in [2.75, 3.05) is 6.54 Å². The molecule has 3 rings (SSSR count). The fourth-order valence-corrected chi connectivity index (χ4v) is 4.69. The maximum atomic E-state index is 12.8. The van der Waals surface area contributed by atoms with Gasteiger partial charge in [0.05, 0.1) is 16.5 Å². The van der Waals surface area contributed by atoms with Gasteiger partial charge in [0.2, 0.25) is 10.0 Å². The summed E-state index contributed by atoms with van der Waals surface area (Å²) in [6.45, 7) is 0.364. The largest absolute Gasteiger partial charge is 0.416 e. The molecule has 1 atom stereocenters. The third-order valence-electron chi connectivity index (χ3n) is 4.18. The van der Waals surface area contributed by atoms with Crippen molar-refractivity contribution in [3.8, 4) is 0 Å². The first-order valence-electron chi connectivity index (χ1n) is 7.54. The Kier molecular flexibility index (Phi) is 4.40. The Bertz CT molecular complexity index is 802. The third kappa shape index (κ3) is 3.18. The first-order valence-corrected chi connectivity index (χ1v) is 8.98. The number of halogens is 3. The standard InChI is InChI=1S/C17H16F3NO2S/c18-17(19,20)14-10-8-13(9-11-14)16-7-4-12-21(16)24(22,23)15-5-2-1-3-6-15/h1-3,5-6,8-11,16H,4,7,12H2/t16-/m0/s1. The van der Waals surface area contributed by atoms with Crippen LogP contribution in [0.3, 0.4) is 0 Å². The Morgan fingerprint density at radius 3 is 2.17 bits per heavy atom. The predicted octanol–water partition coefficient (Wildman–Crippen LogP) is 4.23. The van der Waals surface area contributed by atoms with Crippen LogP contribution >= 0.6 is 0 Å². The van der Waals surface area contributed by atoms with Crippen molar-refractivity contribution >= 4 is 10.0 Å². The van der Waals surface area contributed by atoms with Gasteiger partial charge in [-0.3, -0.25) is 0 Å². The summed E-state index contributed by atoms with van der Waals surface area (Å²) in [6, 6.07) is 12.4. The lowest BCUT2D eigenvalue weighted by Crippen LogP contribution is -2.30. The molecule has 0 spiro atoms. The summed E-state index contributed by atoms with van der Waals surface area (Å²) in [7, 11) is -3.66. The molecule has 0 N–H and O–H groups in total. The molecule has 3 nitrogen and oxygen atoms in total. The van der Waals surface area contributed by atoms with Gasteiger partial charge in [-0.1, -0.05) is 30.3 Å². The highest BCUT2D eigenvalue weighted by molar-refractivity contribution is 7.89. The van der Waals surface area contributed by atoms with Crippen LogP contribution in [-0.2, 0) is 16.2 Å². The van der Waals surface area contributed by atoms with Gasteiger partial charge in [-0.2, -0.15) is 17.5 Å². The summed E-state index contributed by atoms with van der Waals surface area (Å²) in [4.78, 5) is 0.198. The van der Waals surface area contributed by atoms with Crippen molar-refractivity contribution < 1.29 is 21.6 Å². The number of sulfonamides is 1. The van der Waals surface area contributed by atoms with Crippen LogP contribution in [0.1, 0.15) is 30.0 Å². The van der Waals surface area contributed by atoms with Gasteiger partial charge in [0, 0.05) is 6.54 Å². The summed E-state index contributed by atoms with van der Waals surface area (Å²) in [5.41, 5.74) is -0.151. The lowest BCUT2D eigenvalue weighted by Gasteiger charge is -2.24. The second-order valence-electron chi connectivity index (χ2n) is 5.71. The van der Waals surface area contributed by atoms with Crippen molar-refractivity contribution in [3.63, 3.8) is 0 Å². The lowest BCUT2D eigenvalue weighted by atomic mass is 10.0. The molecule has 24 heavy (non-hydrogen) atoms. The van der Waals surface area contributed by atoms with Gasteiger partial charge >= 0.3 is 6.18 Å². The zero-order chi connectivity index (χ0) is 17.4. The molecule has 0 aliphatic carbocycles. The van der Waals surface area contributed by atoms with E-state index in [9.17, 15) is 21.6 Å². The van der Waals surface area contributed by atoms with Gasteiger partial charge < -0.3 is 0 Å². The molecule has 0 bridgehead atoms. The smallest absolute Gasteiger partial charge is 0.207 e. The SMILES string of the molecule is O=S(=O)(c1ccccc1)N1CCC[C@H]1c1ccc(C(F)(F)F)cc1. The molecule has 2 aromatic carbocycles. The zero-order valence-corrected chi connectivity index (χ0v) is 13.5. The average Bonchev–Trinajstić information content (AvgIpc) is 3.05. The van der Waals surface area contributed by atoms with E-state index in [0.29, 0.717) is 24.9 Å². The average molecular weight is 355 g/mol. The molecule has 1 heterocycles. The van der Waals surface area contributed by atoms with E-state index < -0.39 is 27.8 Å². The molecule has 0 aromatic heterocycles. The first kappa shape index (κ1) is 17.0. The lowest BCUT2D eigenvalue weighted by molar-refractivity contribution is -0.137. The van der Waals surface area contributed by atoms with Crippen molar-refractivity contribution in [3.05, 3.63) is 65.7 Å². The van der Waals surface area contributed by atoms with E-state index in [0.717, 1.165) is 12.1 Å². The molecule has 0 unspecified atom stereocenters. The molecular formula is C17H16F3NO2S. The van der Waals surface area contributed by atoms with E-state index in [1.54, 1.807) is 18.2 Å². The maximum absolute atomic E-state index is 12.8. The molecule has 0 saturated carbocycles. The normalized spacial score (nSPS) is 19.5. The number of hydrogen-bond donors (Lipinski definition) is 0. The van der Waals surface area contributed by atoms with E-state index in [-0.39, 0.29) is 4.90 Å². The monoisotopic (exact) mass is 355 g/mol. The molecule has 1 fully saturated rings. The van der Waals surface area contributed by atoms with E-state index in [4.69, 9.17) is 0 Å². The topological polar surface area (TPSA) is 37.4 Å². The van der Waals surface area contributed by atoms with Gasteiger partial charge in [-0.15, -0.1) is 0 Å². The summed E-state index contributed by atoms with van der Waals surface area (Å²) in [6.07, 6.45) is -3.13. The van der Waals surface area contributed by atoms with E-state index in [2.05, 4.69) is 0 Å². The molecule has 2 aromatic rings. The molecule has 128 valence electrons. The highest BCUT2D eigenvalue weighted by atomic mass is 32.2. The minimum atomic E-state index is -4.40. The molecule has 0 radical (unpaired) electrons. The highest BCUT2D eigenvalue weighted by Gasteiger charge is 2.37. The van der Waals surface area contributed by atoms with Gasteiger partial charge in [0.1, 0.15) is 0 Å². The van der Waals surface area contributed by atoms with Crippen molar-refractivity contribution in [2.24, 2.45) is 0 Å². The number of hydrogen-bond acceptors (Lipinski definition) is 2. The second kappa shape index (κ2) is 6.22. The van der Waals surface area contributed by atoms with Crippen LogP contribution in [0.5, 0.6) is 0 Å². The third-order valence-corrected chi connectivity index (χ3v) is 6.10. The van der Waals surface area contributed by atoms with Crippen LogP contribution < -0.4 is 0 Å². The molecule has 0 amide bonds. The molecular weight excluding hydrogens is 339 g/mol. The summed E-state index contributed by atoms with van der Waals surface area (Å²) >= 11 is 0. The quantitative estimate of drug-likeness (QED) is 0.826. The Hall–Kier alpha value is -1.86. The Balaban J connectivity index is 1.91. The van der Waals surface area contributed by atoms with Gasteiger partial charge in [0.15, 0.2) is 0 Å². The maximum Gasteiger partial charge on any atom is 0.416 e. The van der Waals surface area contributed by atoms with Gasteiger partial charge in [0.25, 0.3) is 0 Å². The Morgan fingerprint density at radius 2 is 1.58 bits per heavy atom. The predicted molar refractivity (Wildman–Crippen MR) is 83.8 cm³/mol. The van der Waals surface area contributed by atoms with E-state index in [1.165, 1.54) is 28.6 Å². The molecule has 1 aliphatic heterocycles. The number of rotatable bonds is 3. The minimum absolute atomic E-state index is 0.198. The molecule has 7 heteroatoms. The summed E-state index contributed by atoms with van der Waals surface area (Å²) < 4.78 is 65.0. The second-order valence-corrected chi connectivity index (χ2v) is 7.60. The van der Waals surface area contributed by atoms with Crippen molar-refractivity contribution in [1.82, 2.24) is 4.31 Å². The molecule has 1 aliphatic rings. The fraction of sp³-hybridized carbons (Fsp3) is 0.294. The Morgan fingerprint density at radius 1 is 0.958 bits per heavy atom. The van der Waals surface area contributed by atoms with Crippen LogP contribution in [0.2, 0.25) is 0 Å². The fourth-order valence-electron chi connectivity index (χ4n) is 2.98. The van der Waals surface area contributed by atoms with Crippen LogP contribution in [0.25, 0.3) is 0 Å². The van der Waals surface area contributed by atoms with Crippen LogP contribution in [0.15, 0.2) is 59.5 Å². The summed E-state index contributed by atoms with van der Waals surface area (Å²) in [5, 5.41) is 0. The Labute approximate surface area is 138 Å². The van der Waals surface area contributed by atoms with Crippen LogP contribution in [0.4, 0.5) is 13.2 Å². The zero-order valence-electron chi connectivity index (χ0n) is 12.7. The number of alkyl halides is 3. The van der Waals surface area contributed by atoms with E-state index >= 15 is 0 Å². The minimum Gasteiger partial charge on any atom is -0.207 e. The first-order chi connectivity index (χ1) is 11.3. The number of benzene rings is 2. The summed E-state index contributed by atoms with van der Waals surface area (Å²) in [5.74, 6) is 0. The van der Waals surface area contributed by atoms with Crippen molar-refractivity contribution in [2.45, 2.75) is 30.0 Å². The number of nitrogens with zero attached hydrogens (tertiary/aromatic N) is 1. The highest BCUT2D eigenvalue weighted by Crippen LogP contribution is 2.37. The van der Waals surface area contributed by atoms with Crippen LogP contribution in [-0.4, -0.2) is 19.3 Å². The van der Waals surface area contributed by atoms with E-state index in [1.807, 2.05) is 0 Å². The van der Waals surface area contributed by atoms with Gasteiger partial charge in [-0.25, -0.2) is 8.42 Å². The molecule has 1 saturated heterocycles. The van der Waals surface area contributed by atoms with Gasteiger partial charge in [-0.05, 0) is 42.7 Å². The van der Waals surface area contributed by atoms with Crippen LogP contribution in [0, 0.1) is 0 Å².